The zero-order valence-electron chi connectivity index (χ0n) is 13.6. The molecule has 25 heavy (non-hydrogen) atoms. The number of para-hydroxylation sites is 1. The number of ether oxygens (including phenoxy) is 2. The zero-order chi connectivity index (χ0) is 17.5. The highest BCUT2D eigenvalue weighted by Gasteiger charge is 2.65. The molecular formula is C18H18N2O5. The molecular weight excluding hydrogens is 324 g/mol. The van der Waals surface area contributed by atoms with Gasteiger partial charge in [0.05, 0.1) is 0 Å². The quantitative estimate of drug-likeness (QED) is 0.759. The highest BCUT2D eigenvalue weighted by atomic mass is 16.8. The molecule has 0 aromatic heterocycles. The van der Waals surface area contributed by atoms with E-state index in [1.165, 1.54) is 0 Å². The predicted molar refractivity (Wildman–Crippen MR) is 87.4 cm³/mol. The third kappa shape index (κ3) is 2.42. The Morgan fingerprint density at radius 3 is 2.12 bits per heavy atom. The predicted octanol–water partition coefficient (Wildman–Crippen LogP) is 0.898. The number of anilines is 1. The molecule has 0 aliphatic carbocycles. The minimum atomic E-state index is -1.74. The lowest BCUT2D eigenvalue weighted by atomic mass is 9.84. The number of benzene rings is 1. The van der Waals surface area contributed by atoms with E-state index in [-0.39, 0.29) is 12.2 Å². The third-order valence-electron chi connectivity index (χ3n) is 4.99. The maximum Gasteiger partial charge on any atom is 0.351 e. The first-order chi connectivity index (χ1) is 12.1. The summed E-state index contributed by atoms with van der Waals surface area (Å²) in [6.07, 6.45) is 2.97. The topological polar surface area (TPSA) is 84.9 Å². The van der Waals surface area contributed by atoms with Gasteiger partial charge in [-0.05, 0) is 38.1 Å². The molecule has 1 aromatic rings. The molecule has 130 valence electrons. The summed E-state index contributed by atoms with van der Waals surface area (Å²) < 4.78 is 11.0. The van der Waals surface area contributed by atoms with Gasteiger partial charge < -0.3 is 14.8 Å². The van der Waals surface area contributed by atoms with E-state index in [0.717, 1.165) is 12.2 Å². The number of nitrogens with zero attached hydrogens (tertiary/aromatic N) is 1. The second-order valence-electron chi connectivity index (χ2n) is 6.44. The molecule has 3 heterocycles. The van der Waals surface area contributed by atoms with Crippen molar-refractivity contribution in [3.05, 3.63) is 42.5 Å². The molecule has 1 N–H and O–H groups in total. The number of piperidine rings is 1. The van der Waals surface area contributed by atoms with Crippen LogP contribution in [0.5, 0.6) is 0 Å². The van der Waals surface area contributed by atoms with Crippen LogP contribution < -0.4 is 10.2 Å². The summed E-state index contributed by atoms with van der Waals surface area (Å²) in [6, 6.07) is 9.17. The number of hydrogen-bond acceptors (Lipinski definition) is 7. The van der Waals surface area contributed by atoms with Crippen molar-refractivity contribution >= 4 is 23.4 Å². The van der Waals surface area contributed by atoms with Crippen LogP contribution in [-0.4, -0.2) is 42.3 Å². The summed E-state index contributed by atoms with van der Waals surface area (Å²) in [6.45, 7) is 1.32. The zero-order valence-corrected chi connectivity index (χ0v) is 13.6. The number of esters is 2. The SMILES string of the molecule is O=C1C=CC(=O)OC2(CC(=O)C3(CCNCC3)N2c2ccccc2)O1. The summed E-state index contributed by atoms with van der Waals surface area (Å²) in [5.41, 5.74) is -0.185. The van der Waals surface area contributed by atoms with Gasteiger partial charge in [0.1, 0.15) is 12.0 Å². The van der Waals surface area contributed by atoms with E-state index >= 15 is 0 Å². The van der Waals surface area contributed by atoms with Crippen molar-refractivity contribution < 1.29 is 23.9 Å². The highest BCUT2D eigenvalue weighted by Crippen LogP contribution is 2.48. The molecule has 7 nitrogen and oxygen atoms in total. The van der Waals surface area contributed by atoms with Crippen LogP contribution in [0.25, 0.3) is 0 Å². The van der Waals surface area contributed by atoms with Crippen molar-refractivity contribution in [2.45, 2.75) is 30.7 Å². The minimum Gasteiger partial charge on any atom is -0.400 e. The molecule has 0 atom stereocenters. The standard InChI is InChI=1S/C18H18N2O5/c21-14-12-18(24-15(22)6-7-16(23)25-18)20(13-4-2-1-3-5-13)17(14)8-10-19-11-9-17/h1-7,19H,8-12H2. The molecule has 7 heteroatoms. The van der Waals surface area contributed by atoms with Crippen LogP contribution in [0.4, 0.5) is 5.69 Å². The molecule has 0 radical (unpaired) electrons. The van der Waals surface area contributed by atoms with Gasteiger partial charge >= 0.3 is 17.8 Å². The molecule has 0 amide bonds. The lowest BCUT2D eigenvalue weighted by molar-refractivity contribution is -0.217. The van der Waals surface area contributed by atoms with Gasteiger partial charge in [-0.15, -0.1) is 0 Å². The maximum atomic E-state index is 13.1. The van der Waals surface area contributed by atoms with Crippen LogP contribution in [0.3, 0.4) is 0 Å². The number of nitrogens with one attached hydrogen (secondary N) is 1. The Hall–Kier alpha value is -2.67. The van der Waals surface area contributed by atoms with Crippen molar-refractivity contribution in [2.75, 3.05) is 18.0 Å². The Balaban J connectivity index is 1.87. The first-order valence-corrected chi connectivity index (χ1v) is 8.29. The van der Waals surface area contributed by atoms with Crippen molar-refractivity contribution in [3.63, 3.8) is 0 Å². The molecule has 3 aliphatic rings. The lowest BCUT2D eigenvalue weighted by Gasteiger charge is -2.46. The van der Waals surface area contributed by atoms with E-state index in [1.54, 1.807) is 4.90 Å². The second kappa shape index (κ2) is 5.70. The monoisotopic (exact) mass is 342 g/mol. The Morgan fingerprint density at radius 1 is 0.920 bits per heavy atom. The van der Waals surface area contributed by atoms with Crippen molar-refractivity contribution in [1.82, 2.24) is 5.32 Å². The average molecular weight is 342 g/mol. The van der Waals surface area contributed by atoms with E-state index in [2.05, 4.69) is 5.32 Å². The van der Waals surface area contributed by atoms with Gasteiger partial charge in [0, 0.05) is 17.8 Å². The maximum absolute atomic E-state index is 13.1. The van der Waals surface area contributed by atoms with Gasteiger partial charge in [-0.25, -0.2) is 9.59 Å². The Bertz CT molecular complexity index is 732. The molecule has 3 aliphatic heterocycles. The molecule has 1 aromatic carbocycles. The first kappa shape index (κ1) is 15.8. The van der Waals surface area contributed by atoms with Crippen LogP contribution >= 0.6 is 0 Å². The molecule has 2 spiro atoms. The third-order valence-corrected chi connectivity index (χ3v) is 4.99. The fourth-order valence-corrected chi connectivity index (χ4v) is 3.96. The number of carbonyl (C=O) groups excluding carboxylic acids is 3. The van der Waals surface area contributed by atoms with Gasteiger partial charge in [-0.1, -0.05) is 18.2 Å². The smallest absolute Gasteiger partial charge is 0.351 e. The minimum absolute atomic E-state index is 0.0830. The van der Waals surface area contributed by atoms with Gasteiger partial charge in [0.2, 0.25) is 0 Å². The Kier molecular flexibility index (Phi) is 3.61. The Labute approximate surface area is 144 Å². The van der Waals surface area contributed by atoms with Gasteiger partial charge in [0.25, 0.3) is 0 Å². The number of ketones is 1. The van der Waals surface area contributed by atoms with E-state index in [9.17, 15) is 14.4 Å². The van der Waals surface area contributed by atoms with E-state index in [1.807, 2.05) is 30.3 Å². The summed E-state index contributed by atoms with van der Waals surface area (Å²) in [5.74, 6) is -3.23. The summed E-state index contributed by atoms with van der Waals surface area (Å²) in [5, 5.41) is 3.24. The van der Waals surface area contributed by atoms with Crippen molar-refractivity contribution in [3.8, 4) is 0 Å². The highest BCUT2D eigenvalue weighted by molar-refractivity contribution is 6.00. The van der Waals surface area contributed by atoms with Crippen LogP contribution in [0, 0.1) is 0 Å². The second-order valence-corrected chi connectivity index (χ2v) is 6.44. The van der Waals surface area contributed by atoms with Crippen molar-refractivity contribution in [1.29, 1.82) is 0 Å². The fraction of sp³-hybridized carbons (Fsp3) is 0.389. The van der Waals surface area contributed by atoms with Gasteiger partial charge in [-0.3, -0.25) is 9.69 Å². The fourth-order valence-electron chi connectivity index (χ4n) is 3.96. The molecule has 0 bridgehead atoms. The number of rotatable bonds is 1. The molecule has 2 fully saturated rings. The normalized spacial score (nSPS) is 24.3. The number of Topliss-reactive ketones (excluding diaryl/α,β-unsaturated/α-hetero) is 1. The molecule has 4 rings (SSSR count). The van der Waals surface area contributed by atoms with E-state index in [4.69, 9.17) is 9.47 Å². The van der Waals surface area contributed by atoms with Crippen LogP contribution in [0.1, 0.15) is 19.3 Å². The van der Waals surface area contributed by atoms with Crippen LogP contribution in [0.15, 0.2) is 42.5 Å². The largest absolute Gasteiger partial charge is 0.400 e. The van der Waals surface area contributed by atoms with Gasteiger partial charge in [-0.2, -0.15) is 0 Å². The lowest BCUT2D eigenvalue weighted by Crippen LogP contribution is -2.62. The first-order valence-electron chi connectivity index (χ1n) is 8.29. The Morgan fingerprint density at radius 2 is 1.52 bits per heavy atom. The summed E-state index contributed by atoms with van der Waals surface area (Å²) in [7, 11) is 0. The van der Waals surface area contributed by atoms with E-state index in [0.29, 0.717) is 31.6 Å². The number of carbonyl (C=O) groups is 3. The molecule has 2 saturated heterocycles. The summed E-state index contributed by atoms with van der Waals surface area (Å²) >= 11 is 0. The van der Waals surface area contributed by atoms with Crippen LogP contribution in [-0.2, 0) is 23.9 Å². The van der Waals surface area contributed by atoms with Crippen LogP contribution in [0.2, 0.25) is 0 Å². The van der Waals surface area contributed by atoms with Crippen molar-refractivity contribution in [2.24, 2.45) is 0 Å². The number of hydrogen-bond donors (Lipinski definition) is 1. The molecule has 0 unspecified atom stereocenters. The van der Waals surface area contributed by atoms with E-state index < -0.39 is 23.4 Å². The van der Waals surface area contributed by atoms with Gasteiger partial charge in [0.15, 0.2) is 5.78 Å². The molecule has 0 saturated carbocycles. The summed E-state index contributed by atoms with van der Waals surface area (Å²) in [4.78, 5) is 38.9. The average Bonchev–Trinajstić information content (AvgIpc) is 2.72.